The van der Waals surface area contributed by atoms with Gasteiger partial charge in [0.25, 0.3) is 11.7 Å². The average Bonchev–Trinajstić information content (AvgIpc) is 3.46. The lowest BCUT2D eigenvalue weighted by molar-refractivity contribution is -0.140. The van der Waals surface area contributed by atoms with Crippen LogP contribution in [0.5, 0.6) is 5.75 Å². The summed E-state index contributed by atoms with van der Waals surface area (Å²) in [5.74, 6) is -1.97. The molecule has 1 fully saturated rings. The van der Waals surface area contributed by atoms with Gasteiger partial charge in [0.05, 0.1) is 24.0 Å². The van der Waals surface area contributed by atoms with Gasteiger partial charge < -0.3 is 24.3 Å². The third-order valence-corrected chi connectivity index (χ3v) is 5.82. The summed E-state index contributed by atoms with van der Waals surface area (Å²) in [5.41, 5.74) is 1.83. The molecule has 0 aliphatic carbocycles. The molecule has 0 radical (unpaired) electrons. The zero-order chi connectivity index (χ0) is 25.1. The summed E-state index contributed by atoms with van der Waals surface area (Å²) >= 11 is 0. The number of ether oxygens (including phenoxy) is 1. The predicted molar refractivity (Wildman–Crippen MR) is 127 cm³/mol. The fraction of sp³-hybridized carbons (Fsp3) is 0.222. The molecule has 4 rings (SSSR count). The van der Waals surface area contributed by atoms with Gasteiger partial charge in [0, 0.05) is 12.1 Å². The van der Waals surface area contributed by atoms with E-state index in [1.54, 1.807) is 42.5 Å². The van der Waals surface area contributed by atoms with Crippen LogP contribution >= 0.6 is 0 Å². The number of aliphatic hydroxyl groups is 1. The molecule has 35 heavy (non-hydrogen) atoms. The molecule has 0 bridgehead atoms. The van der Waals surface area contributed by atoms with Crippen molar-refractivity contribution in [1.82, 2.24) is 4.90 Å². The minimum atomic E-state index is -1.06. The molecule has 1 saturated heterocycles. The van der Waals surface area contributed by atoms with E-state index in [1.165, 1.54) is 23.3 Å². The summed E-state index contributed by atoms with van der Waals surface area (Å²) < 4.78 is 11.2. The van der Waals surface area contributed by atoms with Gasteiger partial charge in [-0.25, -0.2) is 4.79 Å². The van der Waals surface area contributed by atoms with Crippen LogP contribution in [0.1, 0.15) is 52.2 Å². The minimum Gasteiger partial charge on any atom is -0.507 e. The van der Waals surface area contributed by atoms with Gasteiger partial charge in [-0.2, -0.15) is 0 Å². The number of aryl methyl sites for hydroxylation is 1. The molecule has 2 aromatic carbocycles. The number of amides is 1. The smallest absolute Gasteiger partial charge is 0.335 e. The summed E-state index contributed by atoms with van der Waals surface area (Å²) in [7, 11) is 0. The molecule has 180 valence electrons. The maximum absolute atomic E-state index is 13.1. The Morgan fingerprint density at radius 1 is 1.06 bits per heavy atom. The van der Waals surface area contributed by atoms with Crippen molar-refractivity contribution >= 4 is 23.4 Å². The summed E-state index contributed by atoms with van der Waals surface area (Å²) in [6, 6.07) is 13.4. The molecule has 1 amide bonds. The van der Waals surface area contributed by atoms with Gasteiger partial charge in [0.2, 0.25) is 0 Å². The van der Waals surface area contributed by atoms with E-state index >= 15 is 0 Å². The monoisotopic (exact) mass is 475 g/mol. The molecule has 1 aromatic heterocycles. The van der Waals surface area contributed by atoms with Crippen molar-refractivity contribution in [3.8, 4) is 5.75 Å². The second-order valence-corrected chi connectivity index (χ2v) is 8.27. The number of carbonyl (C=O) groups excluding carboxylic acids is 2. The van der Waals surface area contributed by atoms with Crippen molar-refractivity contribution in [2.75, 3.05) is 6.61 Å². The van der Waals surface area contributed by atoms with Crippen molar-refractivity contribution in [3.05, 3.63) is 94.4 Å². The second-order valence-electron chi connectivity index (χ2n) is 8.27. The first-order valence-corrected chi connectivity index (χ1v) is 11.2. The van der Waals surface area contributed by atoms with Crippen LogP contribution in [0, 0.1) is 6.92 Å². The van der Waals surface area contributed by atoms with Crippen molar-refractivity contribution in [3.63, 3.8) is 0 Å². The van der Waals surface area contributed by atoms with Crippen LogP contribution in [0.25, 0.3) is 5.76 Å². The first-order chi connectivity index (χ1) is 16.8. The number of rotatable bonds is 8. The summed E-state index contributed by atoms with van der Waals surface area (Å²) in [5, 5.41) is 20.3. The van der Waals surface area contributed by atoms with Crippen LogP contribution in [0.15, 0.2) is 70.9 Å². The number of furan rings is 1. The molecule has 1 aliphatic heterocycles. The van der Waals surface area contributed by atoms with Gasteiger partial charge in [-0.3, -0.25) is 9.59 Å². The largest absolute Gasteiger partial charge is 0.507 e. The number of benzene rings is 2. The number of hydrogen-bond acceptors (Lipinski definition) is 6. The van der Waals surface area contributed by atoms with Crippen LogP contribution in [0.4, 0.5) is 0 Å². The average molecular weight is 475 g/mol. The van der Waals surface area contributed by atoms with E-state index in [0.717, 1.165) is 12.0 Å². The lowest BCUT2D eigenvalue weighted by Crippen LogP contribution is -2.29. The first-order valence-electron chi connectivity index (χ1n) is 11.2. The highest BCUT2D eigenvalue weighted by atomic mass is 16.5. The molecule has 2 N–H and O–H groups in total. The van der Waals surface area contributed by atoms with E-state index in [9.17, 15) is 19.5 Å². The van der Waals surface area contributed by atoms with Gasteiger partial charge in [-0.05, 0) is 66.9 Å². The summed E-state index contributed by atoms with van der Waals surface area (Å²) in [6.45, 7) is 4.42. The van der Waals surface area contributed by atoms with E-state index in [1.807, 2.05) is 13.8 Å². The normalized spacial score (nSPS) is 17.1. The Kier molecular flexibility index (Phi) is 6.73. The molecule has 1 unspecified atom stereocenters. The number of carboxylic acid groups (broad SMARTS) is 1. The zero-order valence-electron chi connectivity index (χ0n) is 19.4. The zero-order valence-corrected chi connectivity index (χ0v) is 19.4. The van der Waals surface area contributed by atoms with Crippen molar-refractivity contribution in [2.24, 2.45) is 0 Å². The highest BCUT2D eigenvalue weighted by Gasteiger charge is 2.47. The van der Waals surface area contributed by atoms with Crippen LogP contribution in [-0.2, 0) is 16.1 Å². The van der Waals surface area contributed by atoms with Gasteiger partial charge >= 0.3 is 5.97 Å². The molecule has 0 saturated carbocycles. The van der Waals surface area contributed by atoms with Gasteiger partial charge in [-0.15, -0.1) is 0 Å². The van der Waals surface area contributed by atoms with E-state index in [-0.39, 0.29) is 23.4 Å². The Bertz CT molecular complexity index is 1290. The molecule has 8 nitrogen and oxygen atoms in total. The predicted octanol–water partition coefficient (Wildman–Crippen LogP) is 4.70. The van der Waals surface area contributed by atoms with Gasteiger partial charge in [-0.1, -0.05) is 19.1 Å². The Morgan fingerprint density at radius 2 is 1.77 bits per heavy atom. The fourth-order valence-corrected chi connectivity index (χ4v) is 4.06. The molecule has 1 atom stereocenters. The molecule has 2 heterocycles. The van der Waals surface area contributed by atoms with Crippen LogP contribution < -0.4 is 4.74 Å². The van der Waals surface area contributed by atoms with Gasteiger partial charge in [0.1, 0.15) is 23.3 Å². The van der Waals surface area contributed by atoms with Crippen LogP contribution in [-0.4, -0.2) is 39.4 Å². The molecule has 8 heteroatoms. The van der Waals surface area contributed by atoms with Crippen molar-refractivity contribution in [1.29, 1.82) is 0 Å². The number of nitrogens with zero attached hydrogens (tertiary/aromatic N) is 1. The standard InChI is InChI=1S/C27H25NO7/c1-3-12-34-20-11-10-19(14-16(20)2)24(29)22-23(21-5-4-13-35-21)28(26(31)25(22)30)15-17-6-8-18(9-7-17)27(32)33/h4-11,13-14,23,29H,3,12,15H2,1-2H3,(H,32,33)/b24-22-. The maximum Gasteiger partial charge on any atom is 0.335 e. The second kappa shape index (κ2) is 9.89. The summed E-state index contributed by atoms with van der Waals surface area (Å²) in [4.78, 5) is 38.6. The topological polar surface area (TPSA) is 117 Å². The SMILES string of the molecule is CCCOc1ccc(/C(O)=C2/C(=O)C(=O)N(Cc3ccc(C(=O)O)cc3)C2c2ccco2)cc1C. The Morgan fingerprint density at radius 3 is 2.37 bits per heavy atom. The number of likely N-dealkylation sites (tertiary alicyclic amines) is 1. The molecular formula is C27H25NO7. The first kappa shape index (κ1) is 23.8. The fourth-order valence-electron chi connectivity index (χ4n) is 4.06. The number of hydrogen-bond donors (Lipinski definition) is 2. The Labute approximate surface area is 202 Å². The number of carbonyl (C=O) groups is 3. The van der Waals surface area contributed by atoms with E-state index in [0.29, 0.717) is 29.2 Å². The molecule has 1 aliphatic rings. The van der Waals surface area contributed by atoms with Crippen molar-refractivity contribution < 1.29 is 33.8 Å². The lowest BCUT2D eigenvalue weighted by atomic mass is 9.98. The summed E-state index contributed by atoms with van der Waals surface area (Å²) in [6.07, 6.45) is 2.29. The highest BCUT2D eigenvalue weighted by molar-refractivity contribution is 6.46. The number of aliphatic hydroxyl groups excluding tert-OH is 1. The molecule has 3 aromatic rings. The third kappa shape index (κ3) is 4.68. The van der Waals surface area contributed by atoms with E-state index in [4.69, 9.17) is 14.3 Å². The van der Waals surface area contributed by atoms with E-state index in [2.05, 4.69) is 0 Å². The highest BCUT2D eigenvalue weighted by Crippen LogP contribution is 2.40. The maximum atomic E-state index is 13.1. The van der Waals surface area contributed by atoms with Gasteiger partial charge in [0.15, 0.2) is 0 Å². The Hall–Kier alpha value is -4.33. The number of carboxylic acids is 1. The minimum absolute atomic E-state index is 0.0233. The third-order valence-electron chi connectivity index (χ3n) is 5.82. The molecule has 0 spiro atoms. The van der Waals surface area contributed by atoms with E-state index < -0.39 is 23.7 Å². The number of ketones is 1. The molecular weight excluding hydrogens is 450 g/mol. The Balaban J connectivity index is 1.74. The lowest BCUT2D eigenvalue weighted by Gasteiger charge is -2.23. The van der Waals surface area contributed by atoms with Crippen molar-refractivity contribution in [2.45, 2.75) is 32.9 Å². The number of aromatic carboxylic acids is 1. The van der Waals surface area contributed by atoms with Crippen LogP contribution in [0.3, 0.4) is 0 Å². The van der Waals surface area contributed by atoms with Crippen LogP contribution in [0.2, 0.25) is 0 Å². The quantitative estimate of drug-likeness (QED) is 0.276. The number of Topliss-reactive ketones (excluding diaryl/α,β-unsaturated/α-hetero) is 1.